The standard InChI is InChI=1S/C24H31N3O5S/c1-3-4-13-25-23(28)18-11-14-27(15-12-18)24(29)19-7-5-8-20(16-19)26-33(30,31)22-10-6-9-21(17-22)32-2/h5-10,16-18,26H,3-4,11-15H2,1-2H3,(H,25,28). The van der Waals surface area contributed by atoms with Gasteiger partial charge in [-0.05, 0) is 49.6 Å². The number of sulfonamides is 1. The first kappa shape index (κ1) is 24.6. The summed E-state index contributed by atoms with van der Waals surface area (Å²) < 4.78 is 33.1. The Hall–Kier alpha value is -3.07. The Morgan fingerprint density at radius 3 is 2.52 bits per heavy atom. The van der Waals surface area contributed by atoms with E-state index < -0.39 is 10.0 Å². The van der Waals surface area contributed by atoms with Crippen LogP contribution in [0.25, 0.3) is 0 Å². The van der Waals surface area contributed by atoms with Gasteiger partial charge in [0.25, 0.3) is 15.9 Å². The second-order valence-electron chi connectivity index (χ2n) is 8.08. The fourth-order valence-electron chi connectivity index (χ4n) is 3.76. The summed E-state index contributed by atoms with van der Waals surface area (Å²) >= 11 is 0. The van der Waals surface area contributed by atoms with Crippen LogP contribution in [0.15, 0.2) is 53.4 Å². The Bertz CT molecular complexity index is 1080. The van der Waals surface area contributed by atoms with Crippen molar-refractivity contribution in [2.75, 3.05) is 31.5 Å². The number of hydrogen-bond acceptors (Lipinski definition) is 5. The molecule has 0 aliphatic carbocycles. The van der Waals surface area contributed by atoms with Gasteiger partial charge >= 0.3 is 0 Å². The Morgan fingerprint density at radius 1 is 1.09 bits per heavy atom. The van der Waals surface area contributed by atoms with Crippen molar-refractivity contribution in [3.8, 4) is 5.75 Å². The van der Waals surface area contributed by atoms with Crippen molar-refractivity contribution in [1.82, 2.24) is 10.2 Å². The lowest BCUT2D eigenvalue weighted by atomic mass is 9.95. The zero-order chi connectivity index (χ0) is 23.8. The summed E-state index contributed by atoms with van der Waals surface area (Å²) in [6.45, 7) is 3.75. The van der Waals surface area contributed by atoms with E-state index in [1.54, 1.807) is 35.2 Å². The minimum atomic E-state index is -3.84. The number of benzene rings is 2. The molecule has 2 aromatic rings. The third-order valence-corrected chi connectivity index (χ3v) is 7.07. The minimum absolute atomic E-state index is 0.0597. The first-order chi connectivity index (χ1) is 15.8. The fourth-order valence-corrected chi connectivity index (χ4v) is 4.84. The lowest BCUT2D eigenvalue weighted by Crippen LogP contribution is -2.43. The number of carbonyl (C=O) groups is 2. The third-order valence-electron chi connectivity index (χ3n) is 5.70. The van der Waals surface area contributed by atoms with Gasteiger partial charge in [0.2, 0.25) is 5.91 Å². The van der Waals surface area contributed by atoms with Gasteiger partial charge in [0.15, 0.2) is 0 Å². The SMILES string of the molecule is CCCCNC(=O)C1CCN(C(=O)c2cccc(NS(=O)(=O)c3cccc(OC)c3)c2)CC1. The Labute approximate surface area is 195 Å². The molecular weight excluding hydrogens is 442 g/mol. The van der Waals surface area contributed by atoms with Crippen molar-refractivity contribution in [2.24, 2.45) is 5.92 Å². The van der Waals surface area contributed by atoms with Crippen LogP contribution in [-0.2, 0) is 14.8 Å². The highest BCUT2D eigenvalue weighted by Crippen LogP contribution is 2.23. The van der Waals surface area contributed by atoms with Crippen LogP contribution in [0.4, 0.5) is 5.69 Å². The molecule has 178 valence electrons. The van der Waals surface area contributed by atoms with E-state index >= 15 is 0 Å². The van der Waals surface area contributed by atoms with Gasteiger partial charge in [-0.3, -0.25) is 14.3 Å². The number of rotatable bonds is 9. The van der Waals surface area contributed by atoms with E-state index in [9.17, 15) is 18.0 Å². The van der Waals surface area contributed by atoms with Gasteiger partial charge in [-0.1, -0.05) is 25.5 Å². The molecule has 8 nitrogen and oxygen atoms in total. The quantitative estimate of drug-likeness (QED) is 0.544. The van der Waals surface area contributed by atoms with Crippen molar-refractivity contribution in [2.45, 2.75) is 37.5 Å². The zero-order valence-corrected chi connectivity index (χ0v) is 19.9. The molecule has 0 aromatic heterocycles. The second-order valence-corrected chi connectivity index (χ2v) is 9.76. The van der Waals surface area contributed by atoms with Gasteiger partial charge in [-0.2, -0.15) is 0 Å². The van der Waals surface area contributed by atoms with Crippen LogP contribution in [-0.4, -0.2) is 51.9 Å². The lowest BCUT2D eigenvalue weighted by molar-refractivity contribution is -0.126. The summed E-state index contributed by atoms with van der Waals surface area (Å²) in [5.41, 5.74) is 0.695. The molecule has 9 heteroatoms. The molecule has 2 amide bonds. The molecule has 0 atom stereocenters. The summed E-state index contributed by atoms with van der Waals surface area (Å²) in [7, 11) is -2.37. The van der Waals surface area contributed by atoms with E-state index in [2.05, 4.69) is 17.0 Å². The van der Waals surface area contributed by atoms with E-state index in [1.807, 2.05) is 0 Å². The summed E-state index contributed by atoms with van der Waals surface area (Å²) in [5.74, 6) is 0.239. The molecule has 0 saturated carbocycles. The summed E-state index contributed by atoms with van der Waals surface area (Å²) in [6, 6.07) is 12.6. The molecule has 1 aliphatic rings. The molecule has 1 aliphatic heterocycles. The molecule has 1 heterocycles. The Balaban J connectivity index is 1.62. The molecule has 0 bridgehead atoms. The number of anilines is 1. The van der Waals surface area contributed by atoms with E-state index in [0.717, 1.165) is 12.8 Å². The van der Waals surface area contributed by atoms with E-state index in [4.69, 9.17) is 4.74 Å². The summed E-state index contributed by atoms with van der Waals surface area (Å²) in [6.07, 6.45) is 3.22. The predicted octanol–water partition coefficient (Wildman–Crippen LogP) is 3.26. The van der Waals surface area contributed by atoms with Gasteiger partial charge in [0.1, 0.15) is 5.75 Å². The molecule has 0 spiro atoms. The number of methoxy groups -OCH3 is 1. The van der Waals surface area contributed by atoms with E-state index in [1.165, 1.54) is 25.3 Å². The van der Waals surface area contributed by atoms with E-state index in [-0.39, 0.29) is 22.6 Å². The molecule has 2 N–H and O–H groups in total. The van der Waals surface area contributed by atoms with Crippen molar-refractivity contribution in [3.05, 3.63) is 54.1 Å². The molecule has 3 rings (SSSR count). The van der Waals surface area contributed by atoms with Crippen LogP contribution in [0.2, 0.25) is 0 Å². The van der Waals surface area contributed by atoms with Gasteiger partial charge in [0.05, 0.1) is 12.0 Å². The average molecular weight is 474 g/mol. The highest BCUT2D eigenvalue weighted by molar-refractivity contribution is 7.92. The first-order valence-corrected chi connectivity index (χ1v) is 12.7. The smallest absolute Gasteiger partial charge is 0.262 e. The summed E-state index contributed by atoms with van der Waals surface area (Å²) in [5, 5.41) is 2.96. The van der Waals surface area contributed by atoms with Crippen LogP contribution in [0, 0.1) is 5.92 Å². The van der Waals surface area contributed by atoms with Crippen LogP contribution < -0.4 is 14.8 Å². The van der Waals surface area contributed by atoms with Gasteiger partial charge < -0.3 is 15.0 Å². The van der Waals surface area contributed by atoms with Gasteiger partial charge in [-0.25, -0.2) is 8.42 Å². The van der Waals surface area contributed by atoms with Crippen LogP contribution in [0.1, 0.15) is 43.0 Å². The first-order valence-electron chi connectivity index (χ1n) is 11.2. The minimum Gasteiger partial charge on any atom is -0.497 e. The maximum absolute atomic E-state index is 13.0. The maximum Gasteiger partial charge on any atom is 0.262 e. The number of hydrogen-bond donors (Lipinski definition) is 2. The number of nitrogens with zero attached hydrogens (tertiary/aromatic N) is 1. The number of unbranched alkanes of at least 4 members (excludes halogenated alkanes) is 1. The lowest BCUT2D eigenvalue weighted by Gasteiger charge is -2.31. The van der Waals surface area contributed by atoms with Crippen molar-refractivity contribution in [3.63, 3.8) is 0 Å². The van der Waals surface area contributed by atoms with Crippen LogP contribution >= 0.6 is 0 Å². The molecule has 0 unspecified atom stereocenters. The highest BCUT2D eigenvalue weighted by Gasteiger charge is 2.28. The Morgan fingerprint density at radius 2 is 1.82 bits per heavy atom. The van der Waals surface area contributed by atoms with Gasteiger partial charge in [-0.15, -0.1) is 0 Å². The molecular formula is C24H31N3O5S. The maximum atomic E-state index is 13.0. The van der Waals surface area contributed by atoms with Gasteiger partial charge in [0, 0.05) is 42.9 Å². The summed E-state index contributed by atoms with van der Waals surface area (Å²) in [4.78, 5) is 27.0. The van der Waals surface area contributed by atoms with E-state index in [0.29, 0.717) is 49.5 Å². The topological polar surface area (TPSA) is 105 Å². The Kier molecular flexibility index (Phi) is 8.32. The number of likely N-dealkylation sites (tertiary alicyclic amines) is 1. The van der Waals surface area contributed by atoms with Crippen molar-refractivity contribution >= 4 is 27.5 Å². The molecule has 2 aromatic carbocycles. The number of amides is 2. The zero-order valence-electron chi connectivity index (χ0n) is 19.0. The fraction of sp³-hybridized carbons (Fsp3) is 0.417. The van der Waals surface area contributed by atoms with Crippen LogP contribution in [0.5, 0.6) is 5.75 Å². The van der Waals surface area contributed by atoms with Crippen LogP contribution in [0.3, 0.4) is 0 Å². The molecule has 0 radical (unpaired) electrons. The molecule has 1 fully saturated rings. The normalized spacial score (nSPS) is 14.5. The number of ether oxygens (including phenoxy) is 1. The van der Waals surface area contributed by atoms with Crippen molar-refractivity contribution < 1.29 is 22.7 Å². The monoisotopic (exact) mass is 473 g/mol. The third kappa shape index (κ3) is 6.47. The average Bonchev–Trinajstić information content (AvgIpc) is 2.83. The number of piperidine rings is 1. The number of carbonyl (C=O) groups excluding carboxylic acids is 2. The molecule has 1 saturated heterocycles. The highest BCUT2D eigenvalue weighted by atomic mass is 32.2. The predicted molar refractivity (Wildman–Crippen MR) is 127 cm³/mol. The van der Waals surface area contributed by atoms with Crippen molar-refractivity contribution in [1.29, 1.82) is 0 Å². The molecule has 33 heavy (non-hydrogen) atoms. The number of nitrogens with one attached hydrogen (secondary N) is 2. The second kappa shape index (κ2) is 11.2. The largest absolute Gasteiger partial charge is 0.497 e.